The molecular formula is C18H17ClO5S. The number of esters is 1. The van der Waals surface area contributed by atoms with Crippen molar-refractivity contribution in [3.63, 3.8) is 0 Å². The fourth-order valence-electron chi connectivity index (χ4n) is 2.10. The summed E-state index contributed by atoms with van der Waals surface area (Å²) in [6.07, 6.45) is 1.92. The molecule has 0 atom stereocenters. The summed E-state index contributed by atoms with van der Waals surface area (Å²) < 4.78 is 15.4. The lowest BCUT2D eigenvalue weighted by Gasteiger charge is -2.10. The Hall–Kier alpha value is -2.18. The maximum Gasteiger partial charge on any atom is 0.342 e. The van der Waals surface area contributed by atoms with Gasteiger partial charge < -0.3 is 14.2 Å². The van der Waals surface area contributed by atoms with Gasteiger partial charge in [0.25, 0.3) is 0 Å². The van der Waals surface area contributed by atoms with E-state index >= 15 is 0 Å². The average Bonchev–Trinajstić information content (AvgIpc) is 2.65. The maximum absolute atomic E-state index is 12.2. The molecule has 2 aromatic rings. The van der Waals surface area contributed by atoms with Gasteiger partial charge in [-0.1, -0.05) is 11.6 Å². The van der Waals surface area contributed by atoms with Gasteiger partial charge in [-0.05, 0) is 42.7 Å². The predicted octanol–water partition coefficient (Wildman–Crippen LogP) is 4.12. The second-order valence-electron chi connectivity index (χ2n) is 4.91. The predicted molar refractivity (Wildman–Crippen MR) is 97.4 cm³/mol. The van der Waals surface area contributed by atoms with Crippen LogP contribution < -0.4 is 9.47 Å². The Morgan fingerprint density at radius 1 is 1.04 bits per heavy atom. The number of ether oxygens (including phenoxy) is 3. The summed E-state index contributed by atoms with van der Waals surface area (Å²) in [4.78, 5) is 25.4. The zero-order valence-electron chi connectivity index (χ0n) is 14.0. The van der Waals surface area contributed by atoms with E-state index in [2.05, 4.69) is 0 Å². The van der Waals surface area contributed by atoms with Crippen molar-refractivity contribution in [2.45, 2.75) is 4.90 Å². The number of rotatable bonds is 7. The molecule has 2 aromatic carbocycles. The highest BCUT2D eigenvalue weighted by atomic mass is 35.5. The van der Waals surface area contributed by atoms with Gasteiger partial charge in [0.15, 0.2) is 12.4 Å². The molecule has 25 heavy (non-hydrogen) atoms. The fraction of sp³-hybridized carbons (Fsp3) is 0.222. The van der Waals surface area contributed by atoms with Crippen LogP contribution in [-0.2, 0) is 4.74 Å². The summed E-state index contributed by atoms with van der Waals surface area (Å²) in [7, 11) is 2.96. The highest BCUT2D eigenvalue weighted by molar-refractivity contribution is 7.98. The third kappa shape index (κ3) is 4.67. The van der Waals surface area contributed by atoms with Gasteiger partial charge in [0.05, 0.1) is 19.2 Å². The first-order valence-corrected chi connectivity index (χ1v) is 8.86. The summed E-state index contributed by atoms with van der Waals surface area (Å²) in [6.45, 7) is -0.394. The minimum atomic E-state index is -0.627. The van der Waals surface area contributed by atoms with E-state index in [4.69, 9.17) is 25.8 Å². The molecule has 0 bridgehead atoms. The third-order valence-corrected chi connectivity index (χ3v) is 4.46. The van der Waals surface area contributed by atoms with Crippen LogP contribution in [0.2, 0.25) is 5.02 Å². The van der Waals surface area contributed by atoms with Crippen molar-refractivity contribution in [2.75, 3.05) is 27.1 Å². The molecule has 0 unspecified atom stereocenters. The number of halogens is 1. The van der Waals surface area contributed by atoms with Crippen molar-refractivity contribution in [3.05, 3.63) is 52.5 Å². The number of hydrogen-bond acceptors (Lipinski definition) is 6. The third-order valence-electron chi connectivity index (χ3n) is 3.44. The van der Waals surface area contributed by atoms with Crippen molar-refractivity contribution in [2.24, 2.45) is 0 Å². The number of carbonyl (C=O) groups is 2. The van der Waals surface area contributed by atoms with Gasteiger partial charge in [-0.2, -0.15) is 0 Å². The molecule has 0 aromatic heterocycles. The summed E-state index contributed by atoms with van der Waals surface area (Å²) in [5, 5.41) is 0.314. The average molecular weight is 381 g/mol. The van der Waals surface area contributed by atoms with Crippen molar-refractivity contribution in [3.8, 4) is 11.5 Å². The maximum atomic E-state index is 12.2. The smallest absolute Gasteiger partial charge is 0.342 e. The van der Waals surface area contributed by atoms with E-state index in [9.17, 15) is 9.59 Å². The quantitative estimate of drug-likeness (QED) is 0.409. The lowest BCUT2D eigenvalue weighted by atomic mass is 10.1. The molecule has 7 heteroatoms. The van der Waals surface area contributed by atoms with E-state index in [0.717, 1.165) is 4.90 Å². The van der Waals surface area contributed by atoms with Crippen molar-refractivity contribution in [1.82, 2.24) is 0 Å². The van der Waals surface area contributed by atoms with E-state index in [-0.39, 0.29) is 11.3 Å². The molecule has 0 aliphatic rings. The van der Waals surface area contributed by atoms with Crippen LogP contribution in [0.5, 0.6) is 11.5 Å². The fourth-order valence-corrected chi connectivity index (χ4v) is 2.79. The molecule has 0 heterocycles. The molecule has 0 saturated heterocycles. The normalized spacial score (nSPS) is 10.2. The Morgan fingerprint density at radius 2 is 1.76 bits per heavy atom. The van der Waals surface area contributed by atoms with Crippen LogP contribution in [0.4, 0.5) is 0 Å². The van der Waals surface area contributed by atoms with Gasteiger partial charge in [0.1, 0.15) is 17.1 Å². The van der Waals surface area contributed by atoms with Crippen LogP contribution in [0.25, 0.3) is 0 Å². The Labute approximate surface area is 155 Å². The zero-order valence-corrected chi connectivity index (χ0v) is 15.6. The Morgan fingerprint density at radius 3 is 2.36 bits per heavy atom. The van der Waals surface area contributed by atoms with Crippen molar-refractivity contribution in [1.29, 1.82) is 0 Å². The van der Waals surface area contributed by atoms with Crippen LogP contribution in [0, 0.1) is 0 Å². The molecule has 0 fully saturated rings. The van der Waals surface area contributed by atoms with E-state index in [1.807, 2.05) is 6.26 Å². The molecule has 0 spiro atoms. The monoisotopic (exact) mass is 380 g/mol. The summed E-state index contributed by atoms with van der Waals surface area (Å²) >= 11 is 7.53. The Kier molecular flexibility index (Phi) is 6.73. The number of ketones is 1. The van der Waals surface area contributed by atoms with E-state index in [1.165, 1.54) is 32.0 Å². The zero-order chi connectivity index (χ0) is 18.4. The van der Waals surface area contributed by atoms with E-state index < -0.39 is 12.6 Å². The van der Waals surface area contributed by atoms with Crippen LogP contribution >= 0.6 is 23.4 Å². The number of hydrogen-bond donors (Lipinski definition) is 0. The summed E-state index contributed by atoms with van der Waals surface area (Å²) in [5.74, 6) is -0.124. The Bertz CT molecular complexity index is 791. The molecule has 2 rings (SSSR count). The number of thioether (sulfide) groups is 1. The number of benzene rings is 2. The molecule has 0 amide bonds. The second kappa shape index (κ2) is 8.78. The number of methoxy groups -OCH3 is 2. The first-order valence-electron chi connectivity index (χ1n) is 7.26. The van der Waals surface area contributed by atoms with Crippen LogP contribution in [0.15, 0.2) is 41.3 Å². The van der Waals surface area contributed by atoms with Crippen LogP contribution in [0.1, 0.15) is 20.7 Å². The largest absolute Gasteiger partial charge is 0.496 e. The van der Waals surface area contributed by atoms with Gasteiger partial charge in [0, 0.05) is 10.5 Å². The van der Waals surface area contributed by atoms with Crippen molar-refractivity contribution >= 4 is 35.1 Å². The molecule has 0 aliphatic heterocycles. The highest BCUT2D eigenvalue weighted by Crippen LogP contribution is 2.27. The van der Waals surface area contributed by atoms with Gasteiger partial charge in [0.2, 0.25) is 0 Å². The highest BCUT2D eigenvalue weighted by Gasteiger charge is 2.17. The molecule has 132 valence electrons. The van der Waals surface area contributed by atoms with E-state index in [0.29, 0.717) is 22.1 Å². The van der Waals surface area contributed by atoms with E-state index in [1.54, 1.807) is 30.3 Å². The molecule has 0 aliphatic carbocycles. The molecular weight excluding hydrogens is 364 g/mol. The molecule has 5 nitrogen and oxygen atoms in total. The van der Waals surface area contributed by atoms with Gasteiger partial charge in [-0.3, -0.25) is 4.79 Å². The van der Waals surface area contributed by atoms with Crippen molar-refractivity contribution < 1.29 is 23.8 Å². The first kappa shape index (κ1) is 19.1. The van der Waals surface area contributed by atoms with Gasteiger partial charge in [-0.25, -0.2) is 4.79 Å². The lowest BCUT2D eigenvalue weighted by molar-refractivity contribution is 0.0471. The number of carbonyl (C=O) groups excluding carboxylic acids is 2. The molecule has 0 radical (unpaired) electrons. The van der Waals surface area contributed by atoms with Crippen LogP contribution in [0.3, 0.4) is 0 Å². The lowest BCUT2D eigenvalue weighted by Crippen LogP contribution is -2.15. The van der Waals surface area contributed by atoms with Crippen LogP contribution in [-0.4, -0.2) is 38.8 Å². The Balaban J connectivity index is 2.07. The summed E-state index contributed by atoms with van der Waals surface area (Å²) in [6, 6.07) is 9.77. The summed E-state index contributed by atoms with van der Waals surface area (Å²) in [5.41, 5.74) is 0.601. The molecule has 0 saturated carbocycles. The van der Waals surface area contributed by atoms with Gasteiger partial charge in [-0.15, -0.1) is 11.8 Å². The first-order chi connectivity index (χ1) is 12.0. The van der Waals surface area contributed by atoms with Gasteiger partial charge >= 0.3 is 5.97 Å². The molecule has 0 N–H and O–H groups in total. The topological polar surface area (TPSA) is 61.8 Å². The number of Topliss-reactive ketones (excluding diaryl/α,β-unsaturated/α-hetero) is 1. The second-order valence-corrected chi connectivity index (χ2v) is 6.20. The standard InChI is InChI=1S/C18H17ClO5S/c1-22-16-7-4-11(8-14(16)19)15(20)10-24-18(21)13-6-5-12(25-3)9-17(13)23-2/h4-9H,10H2,1-3H3. The SMILES string of the molecule is COc1ccc(C(=O)COC(=O)c2ccc(SC)cc2OC)cc1Cl. The minimum Gasteiger partial charge on any atom is -0.496 e. The minimum absolute atomic E-state index is 0.265.